The van der Waals surface area contributed by atoms with Crippen LogP contribution >= 0.6 is 0 Å². The highest BCUT2D eigenvalue weighted by Gasteiger charge is 2.46. The van der Waals surface area contributed by atoms with Gasteiger partial charge in [-0.15, -0.1) is 0 Å². The zero-order chi connectivity index (χ0) is 24.9. The number of anilines is 3. The summed E-state index contributed by atoms with van der Waals surface area (Å²) in [7, 11) is 1.54. The van der Waals surface area contributed by atoms with Crippen molar-refractivity contribution >= 4 is 23.7 Å². The molecule has 0 bridgehead atoms. The summed E-state index contributed by atoms with van der Waals surface area (Å²) in [6, 6.07) is 10.7. The molecule has 1 aromatic carbocycles. The molecule has 11 nitrogen and oxygen atoms in total. The maximum atomic E-state index is 13.3. The van der Waals surface area contributed by atoms with Crippen molar-refractivity contribution in [1.29, 1.82) is 0 Å². The van der Waals surface area contributed by atoms with Gasteiger partial charge in [0.1, 0.15) is 0 Å². The summed E-state index contributed by atoms with van der Waals surface area (Å²) in [5.74, 6) is 1.93. The molecule has 1 unspecified atom stereocenters. The average molecular weight is 490 g/mol. The number of H-pyrrole nitrogens is 1. The monoisotopic (exact) mass is 489 g/mol. The van der Waals surface area contributed by atoms with Crippen LogP contribution in [0.1, 0.15) is 55.8 Å². The largest absolute Gasteiger partial charge is 0.467 e. The van der Waals surface area contributed by atoms with Crippen LogP contribution in [0.4, 0.5) is 22.5 Å². The molecule has 0 radical (unpaired) electrons. The smallest absolute Gasteiger partial charge is 0.322 e. The van der Waals surface area contributed by atoms with E-state index in [1.54, 1.807) is 7.11 Å². The van der Waals surface area contributed by atoms with Gasteiger partial charge >= 0.3 is 12.0 Å². The predicted molar refractivity (Wildman–Crippen MR) is 134 cm³/mol. The van der Waals surface area contributed by atoms with Gasteiger partial charge in [0.2, 0.25) is 11.9 Å². The van der Waals surface area contributed by atoms with Crippen LogP contribution in [-0.2, 0) is 12.1 Å². The number of ether oxygens (including phenoxy) is 1. The van der Waals surface area contributed by atoms with Gasteiger partial charge in [-0.05, 0) is 38.7 Å². The second-order valence-electron chi connectivity index (χ2n) is 10.1. The van der Waals surface area contributed by atoms with E-state index in [1.807, 2.05) is 36.9 Å². The van der Waals surface area contributed by atoms with Crippen molar-refractivity contribution in [2.24, 2.45) is 0 Å². The fourth-order valence-corrected chi connectivity index (χ4v) is 5.26. The molecule has 2 amide bonds. The van der Waals surface area contributed by atoms with Crippen LogP contribution in [0.3, 0.4) is 0 Å². The summed E-state index contributed by atoms with van der Waals surface area (Å²) in [5.41, 5.74) is 2.55. The number of benzene rings is 1. The number of methoxy groups -OCH3 is 1. The lowest BCUT2D eigenvalue weighted by molar-refractivity contribution is 0.142. The standard InChI is InChI=1S/C25H31N9O2/c1-25(2)19-17(14-34(25)24(35)26-18-13-16(18)15-9-5-4-6-10-15)20(32-31-19)27-21-28-22(30-23(29-21)36-3)33-11-7-8-12-33/h4-6,9-10,16,18H,7-8,11-14H2,1-3H3,(H,26,35)(H2,27,28,29,30,31,32)/t16-,18?/m1/s1. The van der Waals surface area contributed by atoms with Crippen LogP contribution in [-0.4, -0.2) is 62.3 Å². The number of hydrogen-bond acceptors (Lipinski definition) is 8. The van der Waals surface area contributed by atoms with Crippen LogP contribution < -0.4 is 20.3 Å². The molecule has 2 aromatic heterocycles. The molecule has 2 aliphatic heterocycles. The minimum absolute atomic E-state index is 0.0721. The molecule has 6 rings (SSSR count). The van der Waals surface area contributed by atoms with E-state index in [0.29, 0.717) is 30.2 Å². The Balaban J connectivity index is 1.18. The highest BCUT2D eigenvalue weighted by molar-refractivity contribution is 5.78. The molecule has 3 N–H and O–H groups in total. The Hall–Kier alpha value is -3.89. The van der Waals surface area contributed by atoms with Gasteiger partial charge in [-0.2, -0.15) is 20.1 Å². The van der Waals surface area contributed by atoms with Crippen LogP contribution in [0, 0.1) is 0 Å². The number of fused-ring (bicyclic) bond motifs is 1. The lowest BCUT2D eigenvalue weighted by Crippen LogP contribution is -2.47. The molecule has 2 atom stereocenters. The SMILES string of the molecule is COc1nc(Nc2n[nH]c3c2CN(C(=O)NC2C[C@@H]2c2ccccc2)C3(C)C)nc(N2CCCC2)n1. The van der Waals surface area contributed by atoms with Crippen molar-refractivity contribution in [1.82, 2.24) is 35.4 Å². The van der Waals surface area contributed by atoms with E-state index >= 15 is 0 Å². The number of amides is 2. The van der Waals surface area contributed by atoms with Crippen molar-refractivity contribution in [3.05, 3.63) is 47.2 Å². The first kappa shape index (κ1) is 22.6. The third-order valence-electron chi connectivity index (χ3n) is 7.45. The Morgan fingerprint density at radius 2 is 1.92 bits per heavy atom. The third kappa shape index (κ3) is 3.98. The molecular weight excluding hydrogens is 458 g/mol. The average Bonchev–Trinajstić information content (AvgIpc) is 3.21. The van der Waals surface area contributed by atoms with Gasteiger partial charge in [0.05, 0.1) is 24.9 Å². The molecule has 3 aromatic rings. The van der Waals surface area contributed by atoms with E-state index in [9.17, 15) is 4.79 Å². The van der Waals surface area contributed by atoms with E-state index in [1.165, 1.54) is 5.56 Å². The molecule has 188 valence electrons. The van der Waals surface area contributed by atoms with Gasteiger partial charge in [-0.1, -0.05) is 30.3 Å². The number of rotatable bonds is 6. The fraction of sp³-hybridized carbons (Fsp3) is 0.480. The molecule has 11 heteroatoms. The van der Waals surface area contributed by atoms with E-state index in [4.69, 9.17) is 4.74 Å². The van der Waals surface area contributed by atoms with Crippen LogP contribution in [0.5, 0.6) is 6.01 Å². The quantitative estimate of drug-likeness (QED) is 0.482. The molecule has 1 saturated heterocycles. The van der Waals surface area contributed by atoms with Gasteiger partial charge in [0, 0.05) is 30.6 Å². The van der Waals surface area contributed by atoms with Gasteiger partial charge < -0.3 is 25.2 Å². The summed E-state index contributed by atoms with van der Waals surface area (Å²) in [6.07, 6.45) is 3.19. The van der Waals surface area contributed by atoms with Crippen LogP contribution in [0.2, 0.25) is 0 Å². The number of aromatic nitrogens is 5. The maximum absolute atomic E-state index is 13.3. The zero-order valence-electron chi connectivity index (χ0n) is 20.8. The van der Waals surface area contributed by atoms with Crippen LogP contribution in [0.25, 0.3) is 0 Å². The molecule has 0 spiro atoms. The molecule has 3 aliphatic rings. The Bertz CT molecular complexity index is 1270. The number of hydrogen-bond donors (Lipinski definition) is 3. The van der Waals surface area contributed by atoms with E-state index in [0.717, 1.165) is 43.6 Å². The molecule has 4 heterocycles. The first-order valence-electron chi connectivity index (χ1n) is 12.5. The highest BCUT2D eigenvalue weighted by atomic mass is 16.5. The van der Waals surface area contributed by atoms with Gasteiger partial charge in [-0.3, -0.25) is 5.10 Å². The number of nitrogens with one attached hydrogen (secondary N) is 3. The summed E-state index contributed by atoms with van der Waals surface area (Å²) >= 11 is 0. The molecular formula is C25H31N9O2. The molecule has 1 aliphatic carbocycles. The van der Waals surface area contributed by atoms with Gasteiger partial charge in [-0.25, -0.2) is 4.79 Å². The predicted octanol–water partition coefficient (Wildman–Crippen LogP) is 3.26. The Morgan fingerprint density at radius 1 is 1.14 bits per heavy atom. The summed E-state index contributed by atoms with van der Waals surface area (Å²) < 4.78 is 5.31. The molecule has 2 fully saturated rings. The highest BCUT2D eigenvalue weighted by Crippen LogP contribution is 2.43. The number of carbonyl (C=O) groups is 1. The van der Waals surface area contributed by atoms with E-state index in [-0.39, 0.29) is 18.1 Å². The Morgan fingerprint density at radius 3 is 2.67 bits per heavy atom. The van der Waals surface area contributed by atoms with Crippen molar-refractivity contribution in [2.75, 3.05) is 30.4 Å². The topological polar surface area (TPSA) is 124 Å². The number of urea groups is 1. The summed E-state index contributed by atoms with van der Waals surface area (Å²) in [4.78, 5) is 30.7. The van der Waals surface area contributed by atoms with Gasteiger partial charge in [0.15, 0.2) is 5.82 Å². The lowest BCUT2D eigenvalue weighted by Gasteiger charge is -2.32. The minimum Gasteiger partial charge on any atom is -0.467 e. The summed E-state index contributed by atoms with van der Waals surface area (Å²) in [5, 5.41) is 14.1. The lowest BCUT2D eigenvalue weighted by atomic mass is 10.0. The van der Waals surface area contributed by atoms with Crippen molar-refractivity contribution in [3.8, 4) is 6.01 Å². The fourth-order valence-electron chi connectivity index (χ4n) is 5.26. The number of nitrogens with zero attached hydrogens (tertiary/aromatic N) is 6. The molecule has 36 heavy (non-hydrogen) atoms. The second kappa shape index (κ2) is 8.65. The molecule has 1 saturated carbocycles. The van der Waals surface area contributed by atoms with Crippen molar-refractivity contribution < 1.29 is 9.53 Å². The number of aromatic amines is 1. The Labute approximate surface area is 209 Å². The maximum Gasteiger partial charge on any atom is 0.322 e. The van der Waals surface area contributed by atoms with E-state index < -0.39 is 5.54 Å². The summed E-state index contributed by atoms with van der Waals surface area (Å²) in [6.45, 7) is 6.30. The first-order chi connectivity index (χ1) is 17.4. The minimum atomic E-state index is -0.541. The zero-order valence-corrected chi connectivity index (χ0v) is 20.8. The van der Waals surface area contributed by atoms with Gasteiger partial charge in [0.25, 0.3) is 0 Å². The third-order valence-corrected chi connectivity index (χ3v) is 7.45. The van der Waals surface area contributed by atoms with E-state index in [2.05, 4.69) is 52.8 Å². The number of carbonyl (C=O) groups excluding carboxylic acids is 1. The Kier molecular flexibility index (Phi) is 5.42. The first-order valence-corrected chi connectivity index (χ1v) is 12.5. The van der Waals surface area contributed by atoms with Crippen molar-refractivity contribution in [2.45, 2.75) is 57.2 Å². The second-order valence-corrected chi connectivity index (χ2v) is 10.1. The normalized spacial score (nSPS) is 21.9. The van der Waals surface area contributed by atoms with Crippen molar-refractivity contribution in [3.63, 3.8) is 0 Å². The van der Waals surface area contributed by atoms with Crippen LogP contribution in [0.15, 0.2) is 30.3 Å².